The van der Waals surface area contributed by atoms with Gasteiger partial charge in [-0.3, -0.25) is 20.0 Å². The second-order valence-electron chi connectivity index (χ2n) is 6.63. The number of aromatic nitrogens is 1. The fraction of sp³-hybridized carbons (Fsp3) is 0.611. The molecular formula is C18H27N5O2. The molecule has 0 spiro atoms. The normalized spacial score (nSPS) is 22.7. The van der Waals surface area contributed by atoms with Crippen LogP contribution >= 0.6 is 0 Å². The van der Waals surface area contributed by atoms with Crippen molar-refractivity contribution in [1.82, 2.24) is 20.5 Å². The summed E-state index contributed by atoms with van der Waals surface area (Å²) in [4.78, 5) is 22.4. The van der Waals surface area contributed by atoms with Crippen LogP contribution in [0.25, 0.3) is 0 Å². The summed E-state index contributed by atoms with van der Waals surface area (Å²) in [6, 6.07) is 3.88. The molecule has 3 rings (SSSR count). The molecule has 2 N–H and O–H groups in total. The van der Waals surface area contributed by atoms with Crippen molar-refractivity contribution in [2.75, 3.05) is 26.2 Å². The highest BCUT2D eigenvalue weighted by Crippen LogP contribution is 2.15. The summed E-state index contributed by atoms with van der Waals surface area (Å²) >= 11 is 0. The number of hydrogen-bond acceptors (Lipinski definition) is 5. The molecule has 1 aromatic rings. The van der Waals surface area contributed by atoms with Crippen LogP contribution in [-0.4, -0.2) is 54.0 Å². The quantitative estimate of drug-likeness (QED) is 0.728. The number of nitrogens with one attached hydrogen (secondary N) is 2. The van der Waals surface area contributed by atoms with E-state index in [1.807, 2.05) is 19.2 Å². The molecule has 2 aliphatic heterocycles. The van der Waals surface area contributed by atoms with E-state index in [9.17, 15) is 4.79 Å². The molecule has 136 valence electrons. The standard InChI is InChI=1S/C18H27N5O2/c1-14-17(24)22-18(21-14)20-7-5-11-25-16-12-15(6-8-19-16)13-23-9-3-2-4-10-23/h6,8,12,14H,2-5,7,9-11,13H2,1H3,(H2,20,21,22,24). The zero-order valence-corrected chi connectivity index (χ0v) is 14.8. The van der Waals surface area contributed by atoms with E-state index in [-0.39, 0.29) is 11.9 Å². The Balaban J connectivity index is 1.39. The Kier molecular flexibility index (Phi) is 6.22. The molecule has 0 saturated carbocycles. The number of aliphatic imine (C=N–C) groups is 1. The van der Waals surface area contributed by atoms with Crippen LogP contribution in [-0.2, 0) is 11.3 Å². The average Bonchev–Trinajstić information content (AvgIpc) is 2.94. The topological polar surface area (TPSA) is 78.9 Å². The number of guanidine groups is 1. The lowest BCUT2D eigenvalue weighted by Crippen LogP contribution is -2.29. The molecule has 7 nitrogen and oxygen atoms in total. The Morgan fingerprint density at radius 2 is 2.20 bits per heavy atom. The van der Waals surface area contributed by atoms with Crippen molar-refractivity contribution >= 4 is 11.9 Å². The summed E-state index contributed by atoms with van der Waals surface area (Å²) in [6.45, 7) is 6.30. The van der Waals surface area contributed by atoms with E-state index >= 15 is 0 Å². The third kappa shape index (κ3) is 5.42. The van der Waals surface area contributed by atoms with Crippen LogP contribution in [0.2, 0.25) is 0 Å². The smallest absolute Gasteiger partial charge is 0.248 e. The highest BCUT2D eigenvalue weighted by molar-refractivity contribution is 6.06. The lowest BCUT2D eigenvalue weighted by Gasteiger charge is -2.26. The maximum atomic E-state index is 11.3. The molecule has 1 aromatic heterocycles. The predicted molar refractivity (Wildman–Crippen MR) is 96.5 cm³/mol. The summed E-state index contributed by atoms with van der Waals surface area (Å²) in [7, 11) is 0. The number of carbonyl (C=O) groups excluding carboxylic acids is 1. The van der Waals surface area contributed by atoms with E-state index in [4.69, 9.17) is 4.74 Å². The minimum absolute atomic E-state index is 0.0373. The largest absolute Gasteiger partial charge is 0.478 e. The molecular weight excluding hydrogens is 318 g/mol. The van der Waals surface area contributed by atoms with Crippen molar-refractivity contribution in [2.45, 2.75) is 45.2 Å². The molecule has 3 heterocycles. The molecule has 0 radical (unpaired) electrons. The van der Waals surface area contributed by atoms with Gasteiger partial charge >= 0.3 is 0 Å². The molecule has 25 heavy (non-hydrogen) atoms. The van der Waals surface area contributed by atoms with Crippen LogP contribution in [0, 0.1) is 0 Å². The fourth-order valence-electron chi connectivity index (χ4n) is 3.05. The van der Waals surface area contributed by atoms with Gasteiger partial charge in [0.05, 0.1) is 6.61 Å². The van der Waals surface area contributed by atoms with Gasteiger partial charge in [0.25, 0.3) is 0 Å². The van der Waals surface area contributed by atoms with Crippen LogP contribution in [0.5, 0.6) is 5.88 Å². The number of ether oxygens (including phenoxy) is 1. The first kappa shape index (κ1) is 17.7. The summed E-state index contributed by atoms with van der Waals surface area (Å²) in [5, 5.41) is 5.69. The van der Waals surface area contributed by atoms with Gasteiger partial charge in [-0.2, -0.15) is 0 Å². The molecule has 1 amide bonds. The molecule has 1 unspecified atom stereocenters. The first-order valence-corrected chi connectivity index (χ1v) is 9.12. The van der Waals surface area contributed by atoms with Gasteiger partial charge in [-0.05, 0) is 44.5 Å². The molecule has 0 aromatic carbocycles. The molecule has 0 bridgehead atoms. The second kappa shape index (κ2) is 8.80. The lowest BCUT2D eigenvalue weighted by molar-refractivity contribution is -0.119. The van der Waals surface area contributed by atoms with Crippen molar-refractivity contribution in [3.63, 3.8) is 0 Å². The SMILES string of the molecule is CC1NC(=NCCCOc2cc(CN3CCCCC3)ccn2)NC1=O. The molecule has 1 atom stereocenters. The lowest BCUT2D eigenvalue weighted by atomic mass is 10.1. The van der Waals surface area contributed by atoms with Gasteiger partial charge in [0.15, 0.2) is 5.96 Å². The Morgan fingerprint density at radius 3 is 2.96 bits per heavy atom. The summed E-state index contributed by atoms with van der Waals surface area (Å²) in [6.07, 6.45) is 6.53. The van der Waals surface area contributed by atoms with Crippen LogP contribution < -0.4 is 15.4 Å². The third-order valence-corrected chi connectivity index (χ3v) is 4.46. The number of likely N-dealkylation sites (tertiary alicyclic amines) is 1. The van der Waals surface area contributed by atoms with Crippen molar-refractivity contribution in [3.05, 3.63) is 23.9 Å². The van der Waals surface area contributed by atoms with E-state index in [0.717, 1.165) is 13.0 Å². The van der Waals surface area contributed by atoms with Crippen molar-refractivity contribution < 1.29 is 9.53 Å². The number of piperidine rings is 1. The van der Waals surface area contributed by atoms with Gasteiger partial charge in [-0.1, -0.05) is 6.42 Å². The third-order valence-electron chi connectivity index (χ3n) is 4.46. The van der Waals surface area contributed by atoms with Gasteiger partial charge in [0, 0.05) is 31.8 Å². The van der Waals surface area contributed by atoms with Gasteiger partial charge in [0.2, 0.25) is 11.8 Å². The van der Waals surface area contributed by atoms with Crippen molar-refractivity contribution in [2.24, 2.45) is 4.99 Å². The summed E-state index contributed by atoms with van der Waals surface area (Å²) < 4.78 is 5.74. The number of hydrogen-bond donors (Lipinski definition) is 2. The highest BCUT2D eigenvalue weighted by Gasteiger charge is 2.22. The van der Waals surface area contributed by atoms with E-state index in [0.29, 0.717) is 25.0 Å². The van der Waals surface area contributed by atoms with Crippen LogP contribution in [0.4, 0.5) is 0 Å². The maximum absolute atomic E-state index is 11.3. The Bertz CT molecular complexity index is 613. The minimum Gasteiger partial charge on any atom is -0.478 e. The minimum atomic E-state index is -0.207. The molecule has 2 saturated heterocycles. The van der Waals surface area contributed by atoms with Crippen molar-refractivity contribution in [3.8, 4) is 5.88 Å². The predicted octanol–water partition coefficient (Wildman–Crippen LogP) is 1.30. The summed E-state index contributed by atoms with van der Waals surface area (Å²) in [5.74, 6) is 1.19. The zero-order chi connectivity index (χ0) is 17.5. The molecule has 7 heteroatoms. The van der Waals surface area contributed by atoms with E-state index < -0.39 is 0 Å². The number of amides is 1. The first-order valence-electron chi connectivity index (χ1n) is 9.12. The molecule has 2 fully saturated rings. The number of carbonyl (C=O) groups is 1. The van der Waals surface area contributed by atoms with E-state index in [2.05, 4.69) is 31.6 Å². The number of pyridine rings is 1. The van der Waals surface area contributed by atoms with Crippen LogP contribution in [0.3, 0.4) is 0 Å². The van der Waals surface area contributed by atoms with Crippen molar-refractivity contribution in [1.29, 1.82) is 0 Å². The Morgan fingerprint density at radius 1 is 1.36 bits per heavy atom. The number of nitrogens with zero attached hydrogens (tertiary/aromatic N) is 3. The Hall–Kier alpha value is -2.15. The first-order chi connectivity index (χ1) is 12.2. The fourth-order valence-corrected chi connectivity index (χ4v) is 3.05. The van der Waals surface area contributed by atoms with Gasteiger partial charge in [-0.15, -0.1) is 0 Å². The maximum Gasteiger partial charge on any atom is 0.248 e. The van der Waals surface area contributed by atoms with Gasteiger partial charge < -0.3 is 10.1 Å². The summed E-state index contributed by atoms with van der Waals surface area (Å²) in [5.41, 5.74) is 1.25. The van der Waals surface area contributed by atoms with Gasteiger partial charge in [0.1, 0.15) is 6.04 Å². The second-order valence-corrected chi connectivity index (χ2v) is 6.63. The highest BCUT2D eigenvalue weighted by atomic mass is 16.5. The van der Waals surface area contributed by atoms with Crippen LogP contribution in [0.1, 0.15) is 38.2 Å². The zero-order valence-electron chi connectivity index (χ0n) is 14.8. The molecule has 2 aliphatic rings. The molecule has 0 aliphatic carbocycles. The average molecular weight is 345 g/mol. The van der Waals surface area contributed by atoms with Gasteiger partial charge in [-0.25, -0.2) is 4.98 Å². The monoisotopic (exact) mass is 345 g/mol. The van der Waals surface area contributed by atoms with E-state index in [1.54, 1.807) is 0 Å². The van der Waals surface area contributed by atoms with E-state index in [1.165, 1.54) is 37.9 Å². The van der Waals surface area contributed by atoms with Crippen LogP contribution in [0.15, 0.2) is 23.3 Å². The number of rotatable bonds is 7. The Labute approximate surface area is 148 Å².